The summed E-state index contributed by atoms with van der Waals surface area (Å²) < 4.78 is 9.29. The quantitative estimate of drug-likeness (QED) is 0.677. The van der Waals surface area contributed by atoms with Crippen LogP contribution in [0.2, 0.25) is 0 Å². The van der Waals surface area contributed by atoms with Gasteiger partial charge in [-0.1, -0.05) is 12.1 Å². The molecule has 8 heteroatoms. The maximum Gasteiger partial charge on any atom is 0.251 e. The molecule has 2 aromatic heterocycles. The highest BCUT2D eigenvalue weighted by Crippen LogP contribution is 2.17. The number of carbonyl (C=O) groups excluding carboxylic acids is 1. The van der Waals surface area contributed by atoms with Gasteiger partial charge in [-0.2, -0.15) is 5.10 Å². The summed E-state index contributed by atoms with van der Waals surface area (Å²) in [5.41, 5.74) is 3.94. The molecular formula is C22H28N6O2. The third-order valence-corrected chi connectivity index (χ3v) is 5.58. The number of hydrogen-bond donors (Lipinski definition) is 1. The molecule has 0 aliphatic carbocycles. The van der Waals surface area contributed by atoms with Gasteiger partial charge in [0.25, 0.3) is 5.91 Å². The lowest BCUT2D eigenvalue weighted by Crippen LogP contribution is -2.35. The molecule has 8 nitrogen and oxygen atoms in total. The Morgan fingerprint density at radius 3 is 2.70 bits per heavy atom. The van der Waals surface area contributed by atoms with Crippen molar-refractivity contribution in [2.24, 2.45) is 0 Å². The summed E-state index contributed by atoms with van der Waals surface area (Å²) in [6, 6.07) is 9.95. The van der Waals surface area contributed by atoms with Crippen LogP contribution in [0.15, 0.2) is 30.3 Å². The first-order valence-corrected chi connectivity index (χ1v) is 10.3. The number of aryl methyl sites for hydroxylation is 3. The molecule has 3 aromatic rings. The molecule has 1 aromatic carbocycles. The van der Waals surface area contributed by atoms with E-state index in [4.69, 9.17) is 4.74 Å². The number of fused-ring (bicyclic) bond motifs is 1. The number of nitrogens with one attached hydrogen (secondary N) is 1. The number of nitrogens with zero attached hydrogens (tertiary/aromatic N) is 5. The van der Waals surface area contributed by atoms with E-state index in [1.54, 1.807) is 7.11 Å². The molecule has 1 aliphatic rings. The lowest BCUT2D eigenvalue weighted by atomic mass is 10.1. The molecule has 0 radical (unpaired) electrons. The van der Waals surface area contributed by atoms with Crippen LogP contribution in [0.4, 0.5) is 0 Å². The number of ether oxygens (including phenoxy) is 1. The van der Waals surface area contributed by atoms with Crippen LogP contribution < -0.4 is 5.32 Å². The molecule has 0 saturated heterocycles. The fourth-order valence-electron chi connectivity index (χ4n) is 3.97. The minimum absolute atomic E-state index is 0.0348. The second-order valence-electron chi connectivity index (χ2n) is 7.90. The number of carbonyl (C=O) groups is 1. The third-order valence-electron chi connectivity index (χ3n) is 5.58. The lowest BCUT2D eigenvalue weighted by Gasteiger charge is -2.16. The van der Waals surface area contributed by atoms with Crippen molar-refractivity contribution in [2.75, 3.05) is 7.11 Å². The van der Waals surface area contributed by atoms with E-state index in [9.17, 15) is 4.79 Å². The lowest BCUT2D eigenvalue weighted by molar-refractivity contribution is 0.0932. The molecule has 3 heterocycles. The largest absolute Gasteiger partial charge is 0.377 e. The second-order valence-corrected chi connectivity index (χ2v) is 7.90. The average Bonchev–Trinajstić information content (AvgIpc) is 3.18. The van der Waals surface area contributed by atoms with Crippen molar-refractivity contribution in [3.05, 3.63) is 64.5 Å². The summed E-state index contributed by atoms with van der Waals surface area (Å²) in [7, 11) is 1.66. The molecule has 0 saturated carbocycles. The van der Waals surface area contributed by atoms with Crippen molar-refractivity contribution < 1.29 is 9.53 Å². The molecule has 1 amide bonds. The van der Waals surface area contributed by atoms with Crippen LogP contribution in [0.25, 0.3) is 0 Å². The number of aromatic nitrogens is 5. The molecule has 4 rings (SSSR count). The predicted molar refractivity (Wildman–Crippen MR) is 112 cm³/mol. The standard InChI is InChI=1S/C22H28N6O2/c1-15-12-16(2)28(26-15)13-17-4-6-18(7-5-17)22(29)23-19-8-9-20-24-25-21(14-30-3)27(20)11-10-19/h4-7,12,19H,8-11,13-14H2,1-3H3,(H,23,29). The third kappa shape index (κ3) is 4.43. The van der Waals surface area contributed by atoms with Gasteiger partial charge in [0.05, 0.1) is 12.2 Å². The molecule has 1 atom stereocenters. The van der Waals surface area contributed by atoms with Crippen LogP contribution >= 0.6 is 0 Å². The summed E-state index contributed by atoms with van der Waals surface area (Å²) in [5.74, 6) is 1.78. The van der Waals surface area contributed by atoms with E-state index in [0.717, 1.165) is 54.4 Å². The van der Waals surface area contributed by atoms with Gasteiger partial charge in [-0.3, -0.25) is 9.48 Å². The normalized spacial score (nSPS) is 16.2. The molecule has 1 aliphatic heterocycles. The first-order valence-electron chi connectivity index (χ1n) is 10.3. The van der Waals surface area contributed by atoms with E-state index in [0.29, 0.717) is 18.7 Å². The Morgan fingerprint density at radius 2 is 2.00 bits per heavy atom. The van der Waals surface area contributed by atoms with Crippen molar-refractivity contribution >= 4 is 5.91 Å². The topological polar surface area (TPSA) is 86.9 Å². The number of benzene rings is 1. The highest BCUT2D eigenvalue weighted by atomic mass is 16.5. The summed E-state index contributed by atoms with van der Waals surface area (Å²) in [4.78, 5) is 12.7. The number of amides is 1. The van der Waals surface area contributed by atoms with Gasteiger partial charge in [-0.05, 0) is 50.5 Å². The summed E-state index contributed by atoms with van der Waals surface area (Å²) in [6.07, 6.45) is 2.50. The van der Waals surface area contributed by atoms with E-state index in [1.807, 2.05) is 35.9 Å². The Kier molecular flexibility index (Phi) is 5.94. The van der Waals surface area contributed by atoms with Crippen LogP contribution in [0.3, 0.4) is 0 Å². The average molecular weight is 409 g/mol. The molecule has 1 unspecified atom stereocenters. The van der Waals surface area contributed by atoms with Crippen LogP contribution in [-0.2, 0) is 30.9 Å². The van der Waals surface area contributed by atoms with Crippen molar-refractivity contribution in [1.82, 2.24) is 29.9 Å². The highest BCUT2D eigenvalue weighted by Gasteiger charge is 2.21. The number of methoxy groups -OCH3 is 1. The van der Waals surface area contributed by atoms with Gasteiger partial charge in [-0.25, -0.2) is 0 Å². The maximum atomic E-state index is 12.7. The zero-order valence-electron chi connectivity index (χ0n) is 17.8. The van der Waals surface area contributed by atoms with Gasteiger partial charge < -0.3 is 14.6 Å². The highest BCUT2D eigenvalue weighted by molar-refractivity contribution is 5.94. The molecular weight excluding hydrogens is 380 g/mol. The van der Waals surface area contributed by atoms with Gasteiger partial charge in [0.15, 0.2) is 5.82 Å². The van der Waals surface area contributed by atoms with Gasteiger partial charge in [-0.15, -0.1) is 10.2 Å². The summed E-state index contributed by atoms with van der Waals surface area (Å²) in [6.45, 7) is 5.98. The first-order chi connectivity index (χ1) is 14.5. The Bertz CT molecular complexity index is 1020. The summed E-state index contributed by atoms with van der Waals surface area (Å²) >= 11 is 0. The fraction of sp³-hybridized carbons (Fsp3) is 0.455. The Balaban J connectivity index is 1.35. The Hall–Kier alpha value is -3.00. The SMILES string of the molecule is COCc1nnc2n1CCC(NC(=O)c1ccc(Cn3nc(C)cc3C)cc1)CC2. The maximum absolute atomic E-state index is 12.7. The van der Waals surface area contributed by atoms with Crippen molar-refractivity contribution in [1.29, 1.82) is 0 Å². The van der Waals surface area contributed by atoms with Crippen LogP contribution in [0.5, 0.6) is 0 Å². The number of rotatable bonds is 6. The minimum atomic E-state index is -0.0348. The van der Waals surface area contributed by atoms with Gasteiger partial charge in [0.1, 0.15) is 12.4 Å². The Morgan fingerprint density at radius 1 is 1.20 bits per heavy atom. The molecule has 0 spiro atoms. The summed E-state index contributed by atoms with van der Waals surface area (Å²) in [5, 5.41) is 16.2. The zero-order valence-corrected chi connectivity index (χ0v) is 17.8. The fourth-order valence-corrected chi connectivity index (χ4v) is 3.97. The second kappa shape index (κ2) is 8.79. The van der Waals surface area contributed by atoms with E-state index >= 15 is 0 Å². The van der Waals surface area contributed by atoms with Crippen LogP contribution in [-0.4, -0.2) is 43.6 Å². The van der Waals surface area contributed by atoms with Crippen molar-refractivity contribution in [3.8, 4) is 0 Å². The molecule has 1 N–H and O–H groups in total. The molecule has 0 bridgehead atoms. The van der Waals surface area contributed by atoms with Crippen molar-refractivity contribution in [3.63, 3.8) is 0 Å². The van der Waals surface area contributed by atoms with Gasteiger partial charge >= 0.3 is 0 Å². The van der Waals surface area contributed by atoms with E-state index in [2.05, 4.69) is 38.2 Å². The molecule has 0 fully saturated rings. The minimum Gasteiger partial charge on any atom is -0.377 e. The monoisotopic (exact) mass is 408 g/mol. The van der Waals surface area contributed by atoms with Crippen molar-refractivity contribution in [2.45, 2.75) is 58.8 Å². The zero-order chi connectivity index (χ0) is 21.1. The van der Waals surface area contributed by atoms with E-state index in [1.165, 1.54) is 0 Å². The van der Waals surface area contributed by atoms with Crippen LogP contribution in [0.1, 0.15) is 51.8 Å². The molecule has 158 valence electrons. The van der Waals surface area contributed by atoms with E-state index < -0.39 is 0 Å². The number of hydrogen-bond acceptors (Lipinski definition) is 5. The van der Waals surface area contributed by atoms with E-state index in [-0.39, 0.29) is 11.9 Å². The molecule has 30 heavy (non-hydrogen) atoms. The smallest absolute Gasteiger partial charge is 0.251 e. The predicted octanol–water partition coefficient (Wildman–Crippen LogP) is 2.42. The van der Waals surface area contributed by atoms with Gasteiger partial charge in [0, 0.05) is 37.4 Å². The van der Waals surface area contributed by atoms with Gasteiger partial charge in [0.2, 0.25) is 0 Å². The Labute approximate surface area is 176 Å². The first kappa shape index (κ1) is 20.3. The van der Waals surface area contributed by atoms with Crippen LogP contribution in [0, 0.1) is 13.8 Å².